The van der Waals surface area contributed by atoms with E-state index in [9.17, 15) is 9.59 Å². The number of carbonyl (C=O) groups excluding carboxylic acids is 2. The molecule has 5 rings (SSSR count). The Hall–Kier alpha value is -5.62. The first-order valence-electron chi connectivity index (χ1n) is 14.6. The molecular weight excluding hydrogens is 586 g/mol. The van der Waals surface area contributed by atoms with Crippen LogP contribution in [0.4, 0.5) is 39.3 Å². The van der Waals surface area contributed by atoms with E-state index in [2.05, 4.69) is 22.2 Å². The molecular formula is C34H37N7O5. The first kappa shape index (κ1) is 31.8. The van der Waals surface area contributed by atoms with Crippen molar-refractivity contribution in [1.82, 2.24) is 9.97 Å². The zero-order chi connectivity index (χ0) is 32.6. The summed E-state index contributed by atoms with van der Waals surface area (Å²) in [6, 6.07) is 20.4. The summed E-state index contributed by atoms with van der Waals surface area (Å²) in [5, 5.41) is 6.10. The fourth-order valence-electron chi connectivity index (χ4n) is 4.98. The molecule has 3 amide bonds. The van der Waals surface area contributed by atoms with E-state index in [4.69, 9.17) is 19.2 Å². The maximum atomic E-state index is 14.2. The average Bonchev–Trinajstić information content (AvgIpc) is 3.09. The number of urea groups is 1. The van der Waals surface area contributed by atoms with Crippen molar-refractivity contribution in [3.63, 3.8) is 0 Å². The summed E-state index contributed by atoms with van der Waals surface area (Å²) >= 11 is 0. The molecule has 46 heavy (non-hydrogen) atoms. The zero-order valence-corrected chi connectivity index (χ0v) is 26.3. The standard InChI is InChI=1S/C34H37N7O5/c1-6-31(42)36-30-18-25(39(2)14-15-44-3)12-13-29(30)37-33-35-20-24-22-40(26-16-27(45-4)19-28(17-26)46-5)34(43)41(32(24)38-33)21-23-10-8-7-9-11-23/h6-13,16-20H,1,14-15,21-22H2,2-5H3,(H,36,42)(H,35,37,38). The maximum Gasteiger partial charge on any atom is 0.330 e. The van der Waals surface area contributed by atoms with Gasteiger partial charge in [0.05, 0.1) is 51.0 Å². The van der Waals surface area contributed by atoms with Crippen molar-refractivity contribution in [2.24, 2.45) is 0 Å². The van der Waals surface area contributed by atoms with Crippen molar-refractivity contribution >= 4 is 46.5 Å². The van der Waals surface area contributed by atoms with Gasteiger partial charge in [-0.15, -0.1) is 0 Å². The Morgan fingerprint density at radius 1 is 1.02 bits per heavy atom. The van der Waals surface area contributed by atoms with E-state index < -0.39 is 0 Å². The molecule has 0 fully saturated rings. The maximum absolute atomic E-state index is 14.2. The Morgan fingerprint density at radius 3 is 2.43 bits per heavy atom. The number of nitrogens with one attached hydrogen (secondary N) is 2. The Bertz CT molecular complexity index is 1690. The summed E-state index contributed by atoms with van der Waals surface area (Å²) in [5.41, 5.74) is 4.26. The Balaban J connectivity index is 1.51. The number of hydrogen-bond donors (Lipinski definition) is 2. The van der Waals surface area contributed by atoms with Gasteiger partial charge in [0, 0.05) is 56.3 Å². The number of likely N-dealkylation sites (N-methyl/N-ethyl adjacent to an activating group) is 1. The summed E-state index contributed by atoms with van der Waals surface area (Å²) in [6.45, 7) is 5.31. The van der Waals surface area contributed by atoms with Gasteiger partial charge in [0.25, 0.3) is 0 Å². The molecule has 0 spiro atoms. The number of nitrogens with zero attached hydrogens (tertiary/aromatic N) is 5. The monoisotopic (exact) mass is 623 g/mol. The third kappa shape index (κ3) is 7.19. The highest BCUT2D eigenvalue weighted by Gasteiger charge is 2.34. The molecule has 2 N–H and O–H groups in total. The van der Waals surface area contributed by atoms with Crippen molar-refractivity contribution in [2.75, 3.05) is 66.9 Å². The third-order valence-corrected chi connectivity index (χ3v) is 7.48. The molecule has 12 nitrogen and oxygen atoms in total. The molecule has 0 bridgehead atoms. The first-order valence-corrected chi connectivity index (χ1v) is 14.6. The van der Waals surface area contributed by atoms with Crippen molar-refractivity contribution in [3.05, 3.63) is 96.7 Å². The molecule has 238 valence electrons. The van der Waals surface area contributed by atoms with Gasteiger partial charge < -0.3 is 29.7 Å². The number of hydrogen-bond acceptors (Lipinski definition) is 9. The van der Waals surface area contributed by atoms with Crippen LogP contribution >= 0.6 is 0 Å². The predicted molar refractivity (Wildman–Crippen MR) is 179 cm³/mol. The van der Waals surface area contributed by atoms with Crippen LogP contribution in [-0.2, 0) is 22.6 Å². The van der Waals surface area contributed by atoms with Crippen LogP contribution in [0, 0.1) is 0 Å². The fraction of sp³-hybridized carbons (Fsp3) is 0.235. The Kier molecular flexibility index (Phi) is 9.98. The van der Waals surface area contributed by atoms with E-state index in [0.29, 0.717) is 47.5 Å². The second-order valence-electron chi connectivity index (χ2n) is 10.5. The molecule has 1 aliphatic heterocycles. The van der Waals surface area contributed by atoms with Gasteiger partial charge in [0.15, 0.2) is 0 Å². The molecule has 0 saturated heterocycles. The lowest BCUT2D eigenvalue weighted by atomic mass is 10.1. The molecule has 1 aromatic heterocycles. The molecule has 12 heteroatoms. The smallest absolute Gasteiger partial charge is 0.330 e. The highest BCUT2D eigenvalue weighted by molar-refractivity contribution is 6.06. The number of methoxy groups -OCH3 is 3. The van der Waals surface area contributed by atoms with Gasteiger partial charge in [-0.05, 0) is 29.8 Å². The summed E-state index contributed by atoms with van der Waals surface area (Å²) < 4.78 is 16.1. The van der Waals surface area contributed by atoms with Crippen LogP contribution in [0.3, 0.4) is 0 Å². The molecule has 0 unspecified atom stereocenters. The van der Waals surface area contributed by atoms with Crippen molar-refractivity contribution < 1.29 is 23.8 Å². The van der Waals surface area contributed by atoms with Gasteiger partial charge >= 0.3 is 6.03 Å². The number of fused-ring (bicyclic) bond motifs is 1. The Labute approximate surface area is 268 Å². The minimum absolute atomic E-state index is 0.235. The Morgan fingerprint density at radius 2 is 1.76 bits per heavy atom. The molecule has 0 radical (unpaired) electrons. The average molecular weight is 624 g/mol. The first-order chi connectivity index (χ1) is 22.3. The summed E-state index contributed by atoms with van der Waals surface area (Å²) in [4.78, 5) is 41.2. The summed E-state index contributed by atoms with van der Waals surface area (Å²) in [7, 11) is 6.72. The largest absolute Gasteiger partial charge is 0.497 e. The number of ether oxygens (including phenoxy) is 3. The predicted octanol–water partition coefficient (Wildman–Crippen LogP) is 5.59. The van der Waals surface area contributed by atoms with E-state index >= 15 is 0 Å². The van der Waals surface area contributed by atoms with Gasteiger partial charge in [0.1, 0.15) is 17.3 Å². The minimum Gasteiger partial charge on any atom is -0.497 e. The van der Waals surface area contributed by atoms with E-state index in [-0.39, 0.29) is 31.0 Å². The van der Waals surface area contributed by atoms with Crippen molar-refractivity contribution in [2.45, 2.75) is 13.1 Å². The van der Waals surface area contributed by atoms with Gasteiger partial charge in [-0.1, -0.05) is 36.9 Å². The highest BCUT2D eigenvalue weighted by atomic mass is 16.5. The zero-order valence-electron chi connectivity index (χ0n) is 26.3. The van der Waals surface area contributed by atoms with E-state index in [1.165, 1.54) is 6.08 Å². The van der Waals surface area contributed by atoms with E-state index in [1.807, 2.05) is 60.5 Å². The lowest BCUT2D eigenvalue weighted by Gasteiger charge is -2.36. The second-order valence-corrected chi connectivity index (χ2v) is 10.5. The summed E-state index contributed by atoms with van der Waals surface area (Å²) in [5.74, 6) is 1.50. The second kappa shape index (κ2) is 14.4. The number of aromatic nitrogens is 2. The molecule has 1 aliphatic rings. The van der Waals surface area contributed by atoms with Crippen LogP contribution in [0.15, 0.2) is 85.6 Å². The molecule has 4 aromatic rings. The molecule has 0 saturated carbocycles. The third-order valence-electron chi connectivity index (χ3n) is 7.48. The van der Waals surface area contributed by atoms with Gasteiger partial charge in [-0.2, -0.15) is 4.98 Å². The lowest BCUT2D eigenvalue weighted by Crippen LogP contribution is -2.47. The van der Waals surface area contributed by atoms with Gasteiger partial charge in [0.2, 0.25) is 11.9 Å². The fourth-order valence-corrected chi connectivity index (χ4v) is 4.98. The number of rotatable bonds is 13. The van der Waals surface area contributed by atoms with Crippen molar-refractivity contribution in [3.8, 4) is 11.5 Å². The highest BCUT2D eigenvalue weighted by Crippen LogP contribution is 2.36. The van der Waals surface area contributed by atoms with Crippen LogP contribution in [0.2, 0.25) is 0 Å². The SMILES string of the molecule is C=CC(=O)Nc1cc(N(C)CCOC)ccc1Nc1ncc2c(n1)N(Cc1ccccc1)C(=O)N(c1cc(OC)cc(OC)c1)C2. The number of benzene rings is 3. The van der Waals surface area contributed by atoms with Crippen LogP contribution in [0.1, 0.15) is 11.1 Å². The van der Waals surface area contributed by atoms with Gasteiger partial charge in [-0.3, -0.25) is 14.6 Å². The van der Waals surface area contributed by atoms with Crippen LogP contribution in [0.5, 0.6) is 11.5 Å². The van der Waals surface area contributed by atoms with Crippen LogP contribution < -0.4 is 34.8 Å². The van der Waals surface area contributed by atoms with Crippen LogP contribution in [0.25, 0.3) is 0 Å². The quantitative estimate of drug-likeness (QED) is 0.184. The topological polar surface area (TPSA) is 121 Å². The number of anilines is 6. The summed E-state index contributed by atoms with van der Waals surface area (Å²) in [6.07, 6.45) is 2.91. The molecule has 3 aromatic carbocycles. The van der Waals surface area contributed by atoms with E-state index in [1.54, 1.807) is 55.5 Å². The van der Waals surface area contributed by atoms with Crippen LogP contribution in [-0.4, -0.2) is 63.4 Å². The molecule has 2 heterocycles. The number of amides is 3. The van der Waals surface area contributed by atoms with E-state index in [0.717, 1.165) is 16.8 Å². The lowest BCUT2D eigenvalue weighted by molar-refractivity contribution is -0.111. The van der Waals surface area contributed by atoms with Crippen molar-refractivity contribution in [1.29, 1.82) is 0 Å². The molecule has 0 atom stereocenters. The van der Waals surface area contributed by atoms with Gasteiger partial charge in [-0.25, -0.2) is 9.78 Å². The molecule has 0 aliphatic carbocycles. The number of carbonyl (C=O) groups is 2. The minimum atomic E-state index is -0.361. The normalized spacial score (nSPS) is 12.3.